The zero-order chi connectivity index (χ0) is 22.1. The number of rotatable bonds is 6. The predicted molar refractivity (Wildman–Crippen MR) is 124 cm³/mol. The molecule has 7 heteroatoms. The van der Waals surface area contributed by atoms with E-state index in [1.807, 2.05) is 6.92 Å². The number of nitrogens with zero attached hydrogens (tertiary/aromatic N) is 2. The van der Waals surface area contributed by atoms with Gasteiger partial charge in [-0.05, 0) is 57.6 Å². The first kappa shape index (κ1) is 23.4. The quantitative estimate of drug-likeness (QED) is 0.535. The maximum atomic E-state index is 11.9. The summed E-state index contributed by atoms with van der Waals surface area (Å²) >= 11 is 0. The number of nitrogens with one attached hydrogen (secondary N) is 2. The van der Waals surface area contributed by atoms with E-state index in [-0.39, 0.29) is 11.5 Å². The number of aliphatic imine (C=N–C) groups is 1. The molecule has 0 bridgehead atoms. The number of ether oxygens (including phenoxy) is 2. The summed E-state index contributed by atoms with van der Waals surface area (Å²) in [5.41, 5.74) is 2.73. The van der Waals surface area contributed by atoms with Crippen molar-refractivity contribution in [2.45, 2.75) is 57.9 Å². The molecule has 2 fully saturated rings. The zero-order valence-corrected chi connectivity index (χ0v) is 19.3. The highest BCUT2D eigenvalue weighted by Crippen LogP contribution is 2.37. The number of piperidine rings is 1. The van der Waals surface area contributed by atoms with Gasteiger partial charge in [-0.2, -0.15) is 0 Å². The third-order valence-electron chi connectivity index (χ3n) is 6.41. The molecule has 7 nitrogen and oxygen atoms in total. The second kappa shape index (κ2) is 11.4. The van der Waals surface area contributed by atoms with Crippen molar-refractivity contribution in [3.05, 3.63) is 35.4 Å². The molecular weight excluding hydrogens is 392 g/mol. The SMILES string of the molecule is CCNC(=NCC1(c2ccccc2C)CCOCC1)NC1CCN(C(=O)OCC)CC1. The molecule has 0 unspecified atom stereocenters. The second-order valence-electron chi connectivity index (χ2n) is 8.51. The standard InChI is InChI=1S/C24H38N4O3/c1-4-25-22(27-20-10-14-28(15-11-20)23(29)31-5-2)26-18-24(12-16-30-17-13-24)21-9-7-6-8-19(21)3/h6-9,20H,4-5,10-18H2,1-3H3,(H2,25,26,27). The summed E-state index contributed by atoms with van der Waals surface area (Å²) in [6, 6.07) is 8.97. The normalized spacial score (nSPS) is 19.7. The van der Waals surface area contributed by atoms with Crippen LogP contribution in [-0.4, -0.2) is 69.0 Å². The van der Waals surface area contributed by atoms with Crippen molar-refractivity contribution in [3.63, 3.8) is 0 Å². The van der Waals surface area contributed by atoms with Crippen LogP contribution in [0.2, 0.25) is 0 Å². The van der Waals surface area contributed by atoms with Crippen LogP contribution >= 0.6 is 0 Å². The van der Waals surface area contributed by atoms with Crippen molar-refractivity contribution in [2.75, 3.05) is 46.0 Å². The number of carbonyl (C=O) groups is 1. The van der Waals surface area contributed by atoms with Gasteiger partial charge < -0.3 is 25.0 Å². The molecule has 2 N–H and O–H groups in total. The smallest absolute Gasteiger partial charge is 0.409 e. The molecule has 3 rings (SSSR count). The van der Waals surface area contributed by atoms with Crippen LogP contribution in [0.4, 0.5) is 4.79 Å². The van der Waals surface area contributed by atoms with Gasteiger partial charge >= 0.3 is 6.09 Å². The first-order chi connectivity index (χ1) is 15.1. The monoisotopic (exact) mass is 430 g/mol. The van der Waals surface area contributed by atoms with Crippen LogP contribution < -0.4 is 10.6 Å². The van der Waals surface area contributed by atoms with Crippen molar-refractivity contribution in [1.82, 2.24) is 15.5 Å². The van der Waals surface area contributed by atoms with Crippen LogP contribution in [0.1, 0.15) is 50.7 Å². The molecule has 2 saturated heterocycles. The highest BCUT2D eigenvalue weighted by atomic mass is 16.6. The summed E-state index contributed by atoms with van der Waals surface area (Å²) < 4.78 is 10.8. The van der Waals surface area contributed by atoms with E-state index in [1.165, 1.54) is 11.1 Å². The molecule has 0 radical (unpaired) electrons. The Balaban J connectivity index is 1.67. The Morgan fingerprint density at radius 3 is 2.58 bits per heavy atom. The fourth-order valence-corrected chi connectivity index (χ4v) is 4.61. The van der Waals surface area contributed by atoms with Gasteiger partial charge in [0.15, 0.2) is 5.96 Å². The number of aryl methyl sites for hydroxylation is 1. The lowest BCUT2D eigenvalue weighted by molar-refractivity contribution is 0.0528. The molecule has 31 heavy (non-hydrogen) atoms. The largest absolute Gasteiger partial charge is 0.450 e. The molecular formula is C24H38N4O3. The molecule has 0 aliphatic carbocycles. The van der Waals surface area contributed by atoms with Gasteiger partial charge in [-0.3, -0.25) is 4.99 Å². The number of guanidine groups is 1. The first-order valence-corrected chi connectivity index (χ1v) is 11.7. The number of likely N-dealkylation sites (tertiary alicyclic amines) is 1. The van der Waals surface area contributed by atoms with Crippen molar-refractivity contribution < 1.29 is 14.3 Å². The van der Waals surface area contributed by atoms with E-state index in [0.717, 1.165) is 57.9 Å². The van der Waals surface area contributed by atoms with Gasteiger partial charge in [0.2, 0.25) is 0 Å². The molecule has 2 heterocycles. The van der Waals surface area contributed by atoms with Crippen molar-refractivity contribution >= 4 is 12.1 Å². The number of carbonyl (C=O) groups excluding carboxylic acids is 1. The van der Waals surface area contributed by atoms with E-state index in [9.17, 15) is 4.79 Å². The number of hydrogen-bond acceptors (Lipinski definition) is 4. The molecule has 0 aromatic heterocycles. The summed E-state index contributed by atoms with van der Waals surface area (Å²) in [5, 5.41) is 7.01. The van der Waals surface area contributed by atoms with Crippen LogP contribution in [-0.2, 0) is 14.9 Å². The van der Waals surface area contributed by atoms with E-state index in [2.05, 4.69) is 48.7 Å². The van der Waals surface area contributed by atoms with Crippen molar-refractivity contribution in [3.8, 4) is 0 Å². The van der Waals surface area contributed by atoms with Gasteiger partial charge in [-0.25, -0.2) is 4.79 Å². The predicted octanol–water partition coefficient (Wildman–Crippen LogP) is 3.22. The van der Waals surface area contributed by atoms with Gasteiger partial charge in [-0.1, -0.05) is 24.3 Å². The lowest BCUT2D eigenvalue weighted by Gasteiger charge is -2.38. The van der Waals surface area contributed by atoms with E-state index in [4.69, 9.17) is 14.5 Å². The Labute approximate surface area is 186 Å². The molecule has 0 atom stereocenters. The van der Waals surface area contributed by atoms with E-state index in [0.29, 0.717) is 25.7 Å². The van der Waals surface area contributed by atoms with Crippen LogP contribution in [0, 0.1) is 6.92 Å². The average Bonchev–Trinajstić information content (AvgIpc) is 2.79. The van der Waals surface area contributed by atoms with Crippen molar-refractivity contribution in [2.24, 2.45) is 4.99 Å². The zero-order valence-electron chi connectivity index (χ0n) is 19.3. The Kier molecular flexibility index (Phi) is 8.58. The third-order valence-corrected chi connectivity index (χ3v) is 6.41. The molecule has 2 aliphatic heterocycles. The van der Waals surface area contributed by atoms with Crippen molar-refractivity contribution in [1.29, 1.82) is 0 Å². The van der Waals surface area contributed by atoms with Crippen LogP contribution in [0.25, 0.3) is 0 Å². The fraction of sp³-hybridized carbons (Fsp3) is 0.667. The molecule has 1 aromatic carbocycles. The Bertz CT molecular complexity index is 738. The minimum Gasteiger partial charge on any atom is -0.450 e. The van der Waals surface area contributed by atoms with Crippen LogP contribution in [0.15, 0.2) is 29.3 Å². The topological polar surface area (TPSA) is 75.2 Å². The number of hydrogen-bond donors (Lipinski definition) is 2. The molecule has 1 amide bonds. The molecule has 2 aliphatic rings. The van der Waals surface area contributed by atoms with Gasteiger partial charge in [0.05, 0.1) is 13.2 Å². The minimum absolute atomic E-state index is 0.0131. The summed E-state index contributed by atoms with van der Waals surface area (Å²) in [5.74, 6) is 0.858. The Morgan fingerprint density at radius 1 is 1.23 bits per heavy atom. The number of amides is 1. The minimum atomic E-state index is -0.207. The summed E-state index contributed by atoms with van der Waals surface area (Å²) in [4.78, 5) is 18.8. The van der Waals surface area contributed by atoms with Gasteiger partial charge in [0.1, 0.15) is 0 Å². The molecule has 0 saturated carbocycles. The average molecular weight is 431 g/mol. The van der Waals surface area contributed by atoms with Gasteiger partial charge in [0.25, 0.3) is 0 Å². The maximum absolute atomic E-state index is 11.9. The molecule has 172 valence electrons. The summed E-state index contributed by atoms with van der Waals surface area (Å²) in [6.07, 6.45) is 3.54. The maximum Gasteiger partial charge on any atom is 0.409 e. The van der Waals surface area contributed by atoms with E-state index < -0.39 is 0 Å². The lowest BCUT2D eigenvalue weighted by Crippen LogP contribution is -2.50. The second-order valence-corrected chi connectivity index (χ2v) is 8.51. The fourth-order valence-electron chi connectivity index (χ4n) is 4.61. The van der Waals surface area contributed by atoms with E-state index >= 15 is 0 Å². The van der Waals surface area contributed by atoms with Gasteiger partial charge in [-0.15, -0.1) is 0 Å². The highest BCUT2D eigenvalue weighted by Gasteiger charge is 2.35. The number of benzene rings is 1. The van der Waals surface area contributed by atoms with Gasteiger partial charge in [0, 0.05) is 44.3 Å². The molecule has 1 aromatic rings. The molecule has 0 spiro atoms. The lowest BCUT2D eigenvalue weighted by atomic mass is 9.72. The highest BCUT2D eigenvalue weighted by molar-refractivity contribution is 5.80. The Hall–Kier alpha value is -2.28. The first-order valence-electron chi connectivity index (χ1n) is 11.7. The summed E-state index contributed by atoms with van der Waals surface area (Å²) in [7, 11) is 0. The third kappa shape index (κ3) is 6.12. The van der Waals surface area contributed by atoms with Crippen LogP contribution in [0.5, 0.6) is 0 Å². The Morgan fingerprint density at radius 2 is 1.94 bits per heavy atom. The van der Waals surface area contributed by atoms with Crippen LogP contribution in [0.3, 0.4) is 0 Å². The summed E-state index contributed by atoms with van der Waals surface area (Å²) in [6.45, 7) is 11.1. The van der Waals surface area contributed by atoms with E-state index in [1.54, 1.807) is 4.90 Å².